The van der Waals surface area contributed by atoms with E-state index in [4.69, 9.17) is 4.74 Å². The highest BCUT2D eigenvalue weighted by molar-refractivity contribution is 5.77. The maximum atomic E-state index is 12.4. The zero-order chi connectivity index (χ0) is 14.7. The lowest BCUT2D eigenvalue weighted by Gasteiger charge is -2.27. The van der Waals surface area contributed by atoms with E-state index >= 15 is 0 Å². The lowest BCUT2D eigenvalue weighted by Crippen LogP contribution is -2.49. The van der Waals surface area contributed by atoms with E-state index in [1.54, 1.807) is 7.05 Å². The number of likely N-dealkylation sites (N-methyl/N-ethyl adjacent to an activating group) is 1. The number of carboxylic acids is 1. The molecule has 2 bridgehead atoms. The molecule has 4 aliphatic rings. The second-order valence-corrected chi connectivity index (χ2v) is 7.12. The summed E-state index contributed by atoms with van der Waals surface area (Å²) in [6.07, 6.45) is 4.01. The lowest BCUT2D eigenvalue weighted by molar-refractivity contribution is -0.142. The Morgan fingerprint density at radius 2 is 1.86 bits per heavy atom. The molecule has 6 atom stereocenters. The number of carbonyl (C=O) groups excluding carboxylic acids is 1. The van der Waals surface area contributed by atoms with E-state index in [0.717, 1.165) is 11.8 Å². The molecule has 0 aromatic heterocycles. The molecule has 1 saturated heterocycles. The van der Waals surface area contributed by atoms with Crippen LogP contribution < -0.4 is 5.32 Å². The molecule has 0 aromatic carbocycles. The van der Waals surface area contributed by atoms with Crippen molar-refractivity contribution >= 4 is 12.0 Å². The fourth-order valence-electron chi connectivity index (χ4n) is 5.07. The zero-order valence-corrected chi connectivity index (χ0v) is 12.2. The van der Waals surface area contributed by atoms with Gasteiger partial charge < -0.3 is 20.1 Å². The van der Waals surface area contributed by atoms with Crippen LogP contribution in [-0.4, -0.2) is 54.4 Å². The fraction of sp³-hybridized carbons (Fsp3) is 0.867. The molecule has 116 valence electrons. The summed E-state index contributed by atoms with van der Waals surface area (Å²) >= 11 is 0. The van der Waals surface area contributed by atoms with Crippen molar-refractivity contribution < 1.29 is 19.4 Å². The third kappa shape index (κ3) is 1.95. The number of urea groups is 1. The molecule has 4 fully saturated rings. The first-order valence-corrected chi connectivity index (χ1v) is 7.92. The maximum Gasteiger partial charge on any atom is 0.317 e. The highest BCUT2D eigenvalue weighted by Crippen LogP contribution is 2.65. The molecular formula is C15H22N2O4. The van der Waals surface area contributed by atoms with Gasteiger partial charge in [0.1, 0.15) is 5.92 Å². The number of nitrogens with zero attached hydrogens (tertiary/aromatic N) is 1. The summed E-state index contributed by atoms with van der Waals surface area (Å²) in [4.78, 5) is 25.1. The van der Waals surface area contributed by atoms with Gasteiger partial charge in [-0.15, -0.1) is 0 Å². The van der Waals surface area contributed by atoms with Crippen LogP contribution in [0.15, 0.2) is 0 Å². The third-order valence-corrected chi connectivity index (χ3v) is 6.21. The molecule has 1 aliphatic heterocycles. The van der Waals surface area contributed by atoms with Gasteiger partial charge in [-0.05, 0) is 42.9 Å². The van der Waals surface area contributed by atoms with E-state index in [1.165, 1.54) is 24.2 Å². The number of nitrogens with one attached hydrogen (secondary N) is 1. The predicted molar refractivity (Wildman–Crippen MR) is 73.6 cm³/mol. The topological polar surface area (TPSA) is 78.9 Å². The van der Waals surface area contributed by atoms with Crippen LogP contribution in [0.2, 0.25) is 0 Å². The van der Waals surface area contributed by atoms with Crippen LogP contribution in [0, 0.1) is 29.6 Å². The number of hydrogen-bond acceptors (Lipinski definition) is 3. The van der Waals surface area contributed by atoms with E-state index in [9.17, 15) is 14.7 Å². The average Bonchev–Trinajstić information content (AvgIpc) is 2.92. The van der Waals surface area contributed by atoms with Gasteiger partial charge in [0.25, 0.3) is 0 Å². The first kappa shape index (κ1) is 13.4. The van der Waals surface area contributed by atoms with E-state index in [0.29, 0.717) is 24.5 Å². The number of amides is 2. The minimum absolute atomic E-state index is 0.143. The number of carboxylic acid groups (broad SMARTS) is 1. The summed E-state index contributed by atoms with van der Waals surface area (Å²) in [7, 11) is 1.68. The Balaban J connectivity index is 1.36. The van der Waals surface area contributed by atoms with Crippen LogP contribution in [0.4, 0.5) is 4.79 Å². The van der Waals surface area contributed by atoms with Gasteiger partial charge in [0, 0.05) is 13.1 Å². The minimum Gasteiger partial charge on any atom is -0.481 e. The highest BCUT2D eigenvalue weighted by Gasteiger charge is 2.65. The number of hydrogen-bond donors (Lipinski definition) is 2. The van der Waals surface area contributed by atoms with E-state index in [-0.39, 0.29) is 18.7 Å². The first-order valence-electron chi connectivity index (χ1n) is 7.92. The largest absolute Gasteiger partial charge is 0.481 e. The number of aliphatic carboxylic acids is 1. The summed E-state index contributed by atoms with van der Waals surface area (Å²) in [5, 5.41) is 12.3. The number of rotatable bonds is 3. The molecule has 21 heavy (non-hydrogen) atoms. The fourth-order valence-corrected chi connectivity index (χ4v) is 5.07. The molecular weight excluding hydrogens is 272 g/mol. The van der Waals surface area contributed by atoms with Gasteiger partial charge in [0.2, 0.25) is 0 Å². The van der Waals surface area contributed by atoms with E-state index < -0.39 is 11.9 Å². The quantitative estimate of drug-likeness (QED) is 0.806. The van der Waals surface area contributed by atoms with Gasteiger partial charge in [0.05, 0.1) is 19.3 Å². The summed E-state index contributed by atoms with van der Waals surface area (Å²) in [5.74, 6) is 1.51. The Morgan fingerprint density at radius 3 is 2.48 bits per heavy atom. The van der Waals surface area contributed by atoms with Gasteiger partial charge in [-0.3, -0.25) is 4.79 Å². The second kappa shape index (κ2) is 4.60. The Labute approximate surface area is 123 Å². The standard InChI is InChI=1S/C15H22N2O4/c1-17(10-6-21-5-9(10)14(18)19)15(20)16-13-11-7-2-3-8(4-7)12(11)13/h7-13H,2-6H2,1H3,(H,16,20)(H,18,19). The third-order valence-electron chi connectivity index (χ3n) is 6.21. The van der Waals surface area contributed by atoms with Crippen molar-refractivity contribution in [3.8, 4) is 0 Å². The van der Waals surface area contributed by atoms with Crippen molar-refractivity contribution in [3.63, 3.8) is 0 Å². The molecule has 3 aliphatic carbocycles. The Morgan fingerprint density at radius 1 is 1.19 bits per heavy atom. The van der Waals surface area contributed by atoms with E-state index in [1.807, 2.05) is 0 Å². The van der Waals surface area contributed by atoms with Crippen molar-refractivity contribution in [2.75, 3.05) is 20.3 Å². The van der Waals surface area contributed by atoms with Gasteiger partial charge in [-0.1, -0.05) is 0 Å². The van der Waals surface area contributed by atoms with Crippen molar-refractivity contribution in [1.82, 2.24) is 10.2 Å². The van der Waals surface area contributed by atoms with Crippen LogP contribution in [0.1, 0.15) is 19.3 Å². The Hall–Kier alpha value is -1.30. The smallest absolute Gasteiger partial charge is 0.317 e. The number of ether oxygens (including phenoxy) is 1. The molecule has 0 aromatic rings. The second-order valence-electron chi connectivity index (χ2n) is 7.12. The molecule has 6 heteroatoms. The van der Waals surface area contributed by atoms with Crippen molar-refractivity contribution in [1.29, 1.82) is 0 Å². The summed E-state index contributed by atoms with van der Waals surface area (Å²) in [6.45, 7) is 0.500. The zero-order valence-electron chi connectivity index (χ0n) is 12.2. The molecule has 1 heterocycles. The normalized spacial score (nSPS) is 46.2. The molecule has 0 spiro atoms. The van der Waals surface area contributed by atoms with Gasteiger partial charge >= 0.3 is 12.0 Å². The van der Waals surface area contributed by atoms with Crippen LogP contribution in [0.25, 0.3) is 0 Å². The Kier molecular flexibility index (Phi) is 2.93. The van der Waals surface area contributed by atoms with Crippen molar-refractivity contribution in [2.45, 2.75) is 31.3 Å². The molecule has 6 unspecified atom stereocenters. The lowest BCUT2D eigenvalue weighted by atomic mass is 10.0. The summed E-state index contributed by atoms with van der Waals surface area (Å²) in [5.41, 5.74) is 0. The molecule has 6 nitrogen and oxygen atoms in total. The summed E-state index contributed by atoms with van der Waals surface area (Å²) < 4.78 is 5.24. The summed E-state index contributed by atoms with van der Waals surface area (Å²) in [6, 6.07) is -0.176. The molecule has 2 N–H and O–H groups in total. The van der Waals surface area contributed by atoms with Crippen LogP contribution >= 0.6 is 0 Å². The van der Waals surface area contributed by atoms with Gasteiger partial charge in [-0.2, -0.15) is 0 Å². The highest BCUT2D eigenvalue weighted by atomic mass is 16.5. The molecule has 0 radical (unpaired) electrons. The maximum absolute atomic E-state index is 12.4. The van der Waals surface area contributed by atoms with Gasteiger partial charge in [0.15, 0.2) is 0 Å². The predicted octanol–water partition coefficient (Wildman–Crippen LogP) is 0.772. The van der Waals surface area contributed by atoms with Crippen LogP contribution in [0.5, 0.6) is 0 Å². The van der Waals surface area contributed by atoms with Gasteiger partial charge in [-0.25, -0.2) is 4.79 Å². The van der Waals surface area contributed by atoms with Crippen molar-refractivity contribution in [2.24, 2.45) is 29.6 Å². The van der Waals surface area contributed by atoms with Crippen LogP contribution in [-0.2, 0) is 9.53 Å². The molecule has 2 amide bonds. The van der Waals surface area contributed by atoms with Crippen molar-refractivity contribution in [3.05, 3.63) is 0 Å². The Bertz CT molecular complexity index is 466. The average molecular weight is 294 g/mol. The molecule has 4 rings (SSSR count). The molecule has 3 saturated carbocycles. The minimum atomic E-state index is -0.890. The van der Waals surface area contributed by atoms with Crippen LogP contribution in [0.3, 0.4) is 0 Å². The first-order chi connectivity index (χ1) is 10.1. The number of fused-ring (bicyclic) bond motifs is 5. The number of carbonyl (C=O) groups is 2. The van der Waals surface area contributed by atoms with E-state index in [2.05, 4.69) is 5.32 Å². The monoisotopic (exact) mass is 294 g/mol. The SMILES string of the molecule is CN(C(=O)NC1C2C3CCC(C3)C12)C1COCC1C(=O)O.